The summed E-state index contributed by atoms with van der Waals surface area (Å²) < 4.78 is 7.76. The van der Waals surface area contributed by atoms with E-state index in [0.717, 1.165) is 22.3 Å². The molecule has 4 heteroatoms. The second kappa shape index (κ2) is 8.13. The number of hydrogen-bond donors (Lipinski definition) is 0. The van der Waals surface area contributed by atoms with Gasteiger partial charge < -0.3 is 0 Å². The van der Waals surface area contributed by atoms with Gasteiger partial charge in [0.2, 0.25) is 0 Å². The van der Waals surface area contributed by atoms with Crippen LogP contribution in [0, 0.1) is 23.7 Å². The molecular weight excluding hydrogens is 489 g/mol. The van der Waals surface area contributed by atoms with Crippen LogP contribution in [0.15, 0.2) is 83.6 Å². The fraction of sp³-hybridized carbons (Fsp3) is 0. The molecule has 4 aromatic heterocycles. The molecule has 0 aliphatic heterocycles. The summed E-state index contributed by atoms with van der Waals surface area (Å²) in [6, 6.07) is 25.0. The zero-order valence-electron chi connectivity index (χ0n) is 17.7. The van der Waals surface area contributed by atoms with Gasteiger partial charge in [0.05, 0.1) is 29.9 Å². The van der Waals surface area contributed by atoms with Crippen LogP contribution in [0.1, 0.15) is 22.3 Å². The molecule has 0 atom stereocenters. The van der Waals surface area contributed by atoms with Crippen LogP contribution in [0.4, 0.5) is 0 Å². The molecule has 0 saturated heterocycles. The predicted molar refractivity (Wildman–Crippen MR) is 153 cm³/mol. The third kappa shape index (κ3) is 3.20. The van der Waals surface area contributed by atoms with E-state index < -0.39 is 0 Å². The Bertz CT molecular complexity index is 1810. The van der Waals surface area contributed by atoms with Crippen molar-refractivity contribution in [2.24, 2.45) is 0 Å². The Morgan fingerprint density at radius 2 is 0.882 bits per heavy atom. The first-order chi connectivity index (χ1) is 16.9. The number of thiophene rings is 4. The molecule has 0 aliphatic carbocycles. The van der Waals surface area contributed by atoms with Crippen molar-refractivity contribution >= 4 is 84.3 Å². The fourth-order valence-electron chi connectivity index (χ4n) is 4.23. The van der Waals surface area contributed by atoms with Gasteiger partial charge in [-0.3, -0.25) is 0 Å². The average Bonchev–Trinajstić information content (AvgIpc) is 3.64. The molecule has 0 fully saturated rings. The van der Waals surface area contributed by atoms with Gasteiger partial charge in [-0.1, -0.05) is 60.1 Å². The zero-order chi connectivity index (χ0) is 22.5. The van der Waals surface area contributed by atoms with Crippen LogP contribution in [0.2, 0.25) is 0 Å². The largest absolute Gasteiger partial charge is 0.142 e. The van der Waals surface area contributed by atoms with Crippen molar-refractivity contribution < 1.29 is 0 Å². The van der Waals surface area contributed by atoms with Crippen molar-refractivity contribution in [3.05, 3.63) is 106 Å². The van der Waals surface area contributed by atoms with Gasteiger partial charge in [-0.05, 0) is 47.2 Å². The normalized spacial score (nSPS) is 11.1. The Kier molecular flexibility index (Phi) is 4.79. The third-order valence-electron chi connectivity index (χ3n) is 5.76. The first-order valence-corrected chi connectivity index (χ1v) is 14.2. The van der Waals surface area contributed by atoms with Crippen LogP contribution in [-0.2, 0) is 0 Å². The minimum Gasteiger partial charge on any atom is -0.142 e. The Morgan fingerprint density at radius 1 is 0.441 bits per heavy atom. The SMILES string of the molecule is C(#Cc1c2sc3ccsc3c2c(C#Cc2ccccc2)c2sc3ccsc3c12)c1ccccc1. The van der Waals surface area contributed by atoms with E-state index in [1.807, 2.05) is 59.1 Å². The molecular formula is C30H14S4. The Hall–Kier alpha value is -3.38. The maximum atomic E-state index is 3.60. The van der Waals surface area contributed by atoms with E-state index >= 15 is 0 Å². The van der Waals surface area contributed by atoms with Crippen LogP contribution in [0.25, 0.3) is 39.0 Å². The van der Waals surface area contributed by atoms with Gasteiger partial charge in [-0.2, -0.15) is 0 Å². The molecule has 158 valence electrons. The molecule has 7 rings (SSSR count). The van der Waals surface area contributed by atoms with Gasteiger partial charge in [-0.25, -0.2) is 0 Å². The maximum absolute atomic E-state index is 3.60. The van der Waals surface area contributed by atoms with Crippen molar-refractivity contribution in [2.45, 2.75) is 0 Å². The van der Waals surface area contributed by atoms with Gasteiger partial charge >= 0.3 is 0 Å². The number of rotatable bonds is 0. The molecule has 0 spiro atoms. The molecule has 3 aromatic carbocycles. The summed E-state index contributed by atoms with van der Waals surface area (Å²) >= 11 is 7.29. The number of benzene rings is 3. The molecule has 7 aromatic rings. The smallest absolute Gasteiger partial charge is 0.0542 e. The summed E-state index contributed by atoms with van der Waals surface area (Å²) in [5.74, 6) is 14.1. The first kappa shape index (κ1) is 20.0. The molecule has 0 amide bonds. The van der Waals surface area contributed by atoms with E-state index in [2.05, 4.69) is 70.8 Å². The van der Waals surface area contributed by atoms with Gasteiger partial charge in [0.25, 0.3) is 0 Å². The van der Waals surface area contributed by atoms with E-state index in [1.165, 1.54) is 39.0 Å². The molecule has 34 heavy (non-hydrogen) atoms. The quantitative estimate of drug-likeness (QED) is 0.181. The van der Waals surface area contributed by atoms with E-state index in [4.69, 9.17) is 0 Å². The lowest BCUT2D eigenvalue weighted by molar-refractivity contribution is 1.65. The summed E-state index contributed by atoms with van der Waals surface area (Å²) in [5, 5.41) is 6.89. The maximum Gasteiger partial charge on any atom is 0.0542 e. The molecule has 0 nitrogen and oxygen atoms in total. The molecule has 0 unspecified atom stereocenters. The minimum absolute atomic E-state index is 1.03. The summed E-state index contributed by atoms with van der Waals surface area (Å²) in [6.45, 7) is 0. The van der Waals surface area contributed by atoms with Crippen LogP contribution >= 0.6 is 45.3 Å². The van der Waals surface area contributed by atoms with Crippen LogP contribution in [0.3, 0.4) is 0 Å². The van der Waals surface area contributed by atoms with Gasteiger partial charge in [0.1, 0.15) is 0 Å². The predicted octanol–water partition coefficient (Wildman–Crippen LogP) is 9.34. The van der Waals surface area contributed by atoms with Gasteiger partial charge in [-0.15, -0.1) is 45.3 Å². The monoisotopic (exact) mass is 502 g/mol. The molecule has 0 aliphatic rings. The molecule has 0 N–H and O–H groups in total. The van der Waals surface area contributed by atoms with E-state index in [9.17, 15) is 0 Å². The molecule has 0 saturated carbocycles. The fourth-order valence-corrected chi connectivity index (χ4v) is 8.99. The Balaban J connectivity index is 1.63. The zero-order valence-corrected chi connectivity index (χ0v) is 21.0. The van der Waals surface area contributed by atoms with Crippen molar-refractivity contribution in [3.63, 3.8) is 0 Å². The van der Waals surface area contributed by atoms with Gasteiger partial charge in [0.15, 0.2) is 0 Å². The Morgan fingerprint density at radius 3 is 1.32 bits per heavy atom. The minimum atomic E-state index is 1.03. The van der Waals surface area contributed by atoms with E-state index in [0.29, 0.717) is 0 Å². The number of hydrogen-bond acceptors (Lipinski definition) is 4. The lowest BCUT2D eigenvalue weighted by atomic mass is 10.0. The summed E-state index contributed by atoms with van der Waals surface area (Å²) in [4.78, 5) is 0. The summed E-state index contributed by atoms with van der Waals surface area (Å²) in [6.07, 6.45) is 0. The highest BCUT2D eigenvalue weighted by Gasteiger charge is 2.22. The molecule has 0 radical (unpaired) electrons. The highest BCUT2D eigenvalue weighted by atomic mass is 32.1. The molecule has 4 heterocycles. The van der Waals surface area contributed by atoms with Crippen LogP contribution in [0.5, 0.6) is 0 Å². The second-order valence-corrected chi connectivity index (χ2v) is 11.8. The van der Waals surface area contributed by atoms with Crippen molar-refractivity contribution in [2.75, 3.05) is 0 Å². The Labute approximate surface area is 212 Å². The second-order valence-electron chi connectivity index (χ2n) is 7.82. The lowest BCUT2D eigenvalue weighted by Gasteiger charge is -2.04. The highest BCUT2D eigenvalue weighted by Crippen LogP contribution is 2.49. The van der Waals surface area contributed by atoms with E-state index in [1.54, 1.807) is 22.7 Å². The van der Waals surface area contributed by atoms with Crippen molar-refractivity contribution in [1.29, 1.82) is 0 Å². The topological polar surface area (TPSA) is 0 Å². The highest BCUT2D eigenvalue weighted by molar-refractivity contribution is 7.34. The summed E-state index contributed by atoms with van der Waals surface area (Å²) in [7, 11) is 0. The van der Waals surface area contributed by atoms with Gasteiger partial charge in [0, 0.05) is 31.3 Å². The third-order valence-corrected chi connectivity index (χ3v) is 10.2. The first-order valence-electron chi connectivity index (χ1n) is 10.8. The van der Waals surface area contributed by atoms with Crippen molar-refractivity contribution in [1.82, 2.24) is 0 Å². The lowest BCUT2D eigenvalue weighted by Crippen LogP contribution is -1.85. The van der Waals surface area contributed by atoms with E-state index in [-0.39, 0.29) is 0 Å². The van der Waals surface area contributed by atoms with Crippen LogP contribution in [-0.4, -0.2) is 0 Å². The average molecular weight is 503 g/mol. The number of fused-ring (bicyclic) bond motifs is 6. The standard InChI is InChI=1S/C30H14S4/c1-3-7-19(8-4-1)11-13-21-25-28(34-23-15-17-31-29(23)25)22(14-12-20-9-5-2-6-10-20)26-27(21)33-24-16-18-32-30(24)26/h1-10,15-18H. The molecule has 0 bridgehead atoms. The van der Waals surface area contributed by atoms with Crippen molar-refractivity contribution in [3.8, 4) is 23.7 Å². The summed E-state index contributed by atoms with van der Waals surface area (Å²) in [5.41, 5.74) is 4.35. The van der Waals surface area contributed by atoms with Crippen LogP contribution < -0.4 is 0 Å².